The largest absolute Gasteiger partial charge is 0.301 e. The Balaban J connectivity index is 2.24. The normalized spacial score (nSPS) is 53.0. The molecule has 0 saturated heterocycles. The molecule has 48 valence electrons. The number of carbonyl (C=O) groups is 1. The first kappa shape index (κ1) is 5.48. The summed E-state index contributed by atoms with van der Waals surface area (Å²) < 4.78 is 0. The van der Waals surface area contributed by atoms with E-state index in [-0.39, 0.29) is 0 Å². The van der Waals surface area contributed by atoms with Crippen molar-refractivity contribution < 1.29 is 4.79 Å². The van der Waals surface area contributed by atoms with Gasteiger partial charge in [-0.2, -0.15) is 0 Å². The highest BCUT2D eigenvalue weighted by atomic mass is 35.5. The SMILES string of the molecule is O=C[C@]1(Cl)[C@@H]2C=CC[C@@H]21. The van der Waals surface area contributed by atoms with Gasteiger partial charge in [0.15, 0.2) is 0 Å². The van der Waals surface area contributed by atoms with Gasteiger partial charge in [-0.25, -0.2) is 0 Å². The molecule has 0 bridgehead atoms. The van der Waals surface area contributed by atoms with E-state index in [1.54, 1.807) is 0 Å². The third-order valence-corrected chi connectivity index (χ3v) is 2.94. The predicted octanol–water partition coefficient (Wildman–Crippen LogP) is 1.37. The molecular weight excluding hydrogens is 136 g/mol. The average Bonchev–Trinajstić information content (AvgIpc) is 2.39. The third kappa shape index (κ3) is 0.485. The molecule has 0 aromatic carbocycles. The lowest BCUT2D eigenvalue weighted by Gasteiger charge is -1.96. The summed E-state index contributed by atoms with van der Waals surface area (Å²) >= 11 is 5.88. The molecule has 0 N–H and O–H groups in total. The molecule has 0 aromatic heterocycles. The number of halogens is 1. The van der Waals surface area contributed by atoms with Gasteiger partial charge < -0.3 is 4.79 Å². The second-order valence-electron chi connectivity index (χ2n) is 2.74. The highest BCUT2D eigenvalue weighted by Gasteiger charge is 2.63. The molecule has 3 atom stereocenters. The number of fused-ring (bicyclic) bond motifs is 1. The van der Waals surface area contributed by atoms with Crippen LogP contribution in [0.15, 0.2) is 12.2 Å². The first-order chi connectivity index (χ1) is 4.29. The van der Waals surface area contributed by atoms with Gasteiger partial charge >= 0.3 is 0 Å². The molecule has 0 aliphatic heterocycles. The van der Waals surface area contributed by atoms with Gasteiger partial charge in [-0.15, -0.1) is 11.6 Å². The number of rotatable bonds is 1. The van der Waals surface area contributed by atoms with Gasteiger partial charge in [0.25, 0.3) is 0 Å². The molecule has 0 spiro atoms. The molecule has 2 heteroatoms. The maximum absolute atomic E-state index is 10.3. The van der Waals surface area contributed by atoms with Crippen molar-refractivity contribution in [3.63, 3.8) is 0 Å². The maximum Gasteiger partial charge on any atom is 0.141 e. The van der Waals surface area contributed by atoms with Crippen LogP contribution in [-0.2, 0) is 4.79 Å². The number of alkyl halides is 1. The molecule has 1 fully saturated rings. The highest BCUT2D eigenvalue weighted by molar-refractivity contribution is 6.35. The first-order valence-corrected chi connectivity index (χ1v) is 3.49. The lowest BCUT2D eigenvalue weighted by molar-refractivity contribution is -0.108. The number of hydrogen-bond donors (Lipinski definition) is 0. The molecule has 0 heterocycles. The van der Waals surface area contributed by atoms with Crippen molar-refractivity contribution in [1.82, 2.24) is 0 Å². The maximum atomic E-state index is 10.3. The molecule has 0 amide bonds. The topological polar surface area (TPSA) is 17.1 Å². The fourth-order valence-electron chi connectivity index (χ4n) is 1.62. The summed E-state index contributed by atoms with van der Waals surface area (Å²) in [5.74, 6) is 0.785. The zero-order valence-corrected chi connectivity index (χ0v) is 5.64. The summed E-state index contributed by atoms with van der Waals surface area (Å²) in [4.78, 5) is 9.85. The van der Waals surface area contributed by atoms with Crippen LogP contribution in [-0.4, -0.2) is 11.2 Å². The van der Waals surface area contributed by atoms with Crippen molar-refractivity contribution in [3.8, 4) is 0 Å². The molecule has 0 aromatic rings. The fourth-order valence-corrected chi connectivity index (χ4v) is 2.01. The van der Waals surface area contributed by atoms with Gasteiger partial charge in [0.2, 0.25) is 0 Å². The summed E-state index contributed by atoms with van der Waals surface area (Å²) in [6.07, 6.45) is 6.02. The van der Waals surface area contributed by atoms with Gasteiger partial charge in [-0.05, 0) is 12.3 Å². The van der Waals surface area contributed by atoms with Gasteiger partial charge in [-0.3, -0.25) is 0 Å². The van der Waals surface area contributed by atoms with Gasteiger partial charge in [0, 0.05) is 5.92 Å². The monoisotopic (exact) mass is 142 g/mol. The molecule has 2 rings (SSSR count). The molecule has 9 heavy (non-hydrogen) atoms. The Bertz CT molecular complexity index is 187. The Morgan fingerprint density at radius 2 is 2.56 bits per heavy atom. The quantitative estimate of drug-likeness (QED) is 0.307. The van der Waals surface area contributed by atoms with E-state index in [9.17, 15) is 4.79 Å². The van der Waals surface area contributed by atoms with E-state index in [4.69, 9.17) is 11.6 Å². The smallest absolute Gasteiger partial charge is 0.141 e. The van der Waals surface area contributed by atoms with Crippen LogP contribution in [0.4, 0.5) is 0 Å². The van der Waals surface area contributed by atoms with Crippen LogP contribution in [0.3, 0.4) is 0 Å². The van der Waals surface area contributed by atoms with E-state index in [0.717, 1.165) is 12.7 Å². The van der Waals surface area contributed by atoms with Gasteiger partial charge in [-0.1, -0.05) is 12.2 Å². The van der Waals surface area contributed by atoms with E-state index in [0.29, 0.717) is 11.8 Å². The van der Waals surface area contributed by atoms with Crippen LogP contribution in [0.2, 0.25) is 0 Å². The van der Waals surface area contributed by atoms with Crippen LogP contribution in [0, 0.1) is 11.8 Å². The summed E-state index contributed by atoms with van der Waals surface area (Å²) in [5.41, 5.74) is 0. The van der Waals surface area contributed by atoms with Crippen molar-refractivity contribution in [2.45, 2.75) is 11.3 Å². The average molecular weight is 143 g/mol. The molecule has 0 radical (unpaired) electrons. The molecular formula is C7H7ClO. The van der Waals surface area contributed by atoms with Crippen LogP contribution >= 0.6 is 11.6 Å². The molecule has 1 saturated carbocycles. The Morgan fingerprint density at radius 3 is 2.89 bits per heavy atom. The second kappa shape index (κ2) is 1.40. The van der Waals surface area contributed by atoms with Crippen LogP contribution in [0.1, 0.15) is 6.42 Å². The zero-order valence-electron chi connectivity index (χ0n) is 4.88. The molecule has 2 aliphatic carbocycles. The number of aldehydes is 1. The van der Waals surface area contributed by atoms with Crippen molar-refractivity contribution in [1.29, 1.82) is 0 Å². The lowest BCUT2D eigenvalue weighted by atomic mass is 10.2. The van der Waals surface area contributed by atoms with Gasteiger partial charge in [0.05, 0.1) is 0 Å². The Labute approximate surface area is 58.7 Å². The van der Waals surface area contributed by atoms with E-state index < -0.39 is 4.87 Å². The number of carbonyl (C=O) groups excluding carboxylic acids is 1. The lowest BCUT2D eigenvalue weighted by Crippen LogP contribution is -2.06. The van der Waals surface area contributed by atoms with Crippen molar-refractivity contribution in [2.75, 3.05) is 0 Å². The standard InChI is InChI=1S/C7H7ClO/c8-7(4-9)5-2-1-3-6(5)7/h1-2,4-6H,3H2/t5-,6+,7+/m1/s1. The Kier molecular flexibility index (Phi) is 0.854. The minimum atomic E-state index is -0.491. The van der Waals surface area contributed by atoms with E-state index >= 15 is 0 Å². The second-order valence-corrected chi connectivity index (χ2v) is 3.40. The minimum Gasteiger partial charge on any atom is -0.301 e. The third-order valence-electron chi connectivity index (χ3n) is 2.32. The molecule has 0 unspecified atom stereocenters. The fraction of sp³-hybridized carbons (Fsp3) is 0.571. The zero-order chi connectivity index (χ0) is 6.48. The van der Waals surface area contributed by atoms with Crippen molar-refractivity contribution in [2.24, 2.45) is 11.8 Å². The minimum absolute atomic E-state index is 0.358. The Morgan fingerprint density at radius 1 is 1.78 bits per heavy atom. The summed E-state index contributed by atoms with van der Waals surface area (Å²) in [7, 11) is 0. The number of allylic oxidation sites excluding steroid dienone is 2. The van der Waals surface area contributed by atoms with Crippen LogP contribution in [0.5, 0.6) is 0 Å². The van der Waals surface area contributed by atoms with Crippen molar-refractivity contribution >= 4 is 17.9 Å². The van der Waals surface area contributed by atoms with E-state index in [1.807, 2.05) is 6.08 Å². The van der Waals surface area contributed by atoms with Gasteiger partial charge in [0.1, 0.15) is 11.2 Å². The summed E-state index contributed by atoms with van der Waals surface area (Å²) in [6.45, 7) is 0. The highest BCUT2D eigenvalue weighted by Crippen LogP contribution is 2.60. The van der Waals surface area contributed by atoms with E-state index in [2.05, 4.69) is 6.08 Å². The number of hydrogen-bond acceptors (Lipinski definition) is 1. The summed E-state index contributed by atoms with van der Waals surface area (Å²) in [6, 6.07) is 0. The molecule has 2 aliphatic rings. The van der Waals surface area contributed by atoms with Crippen molar-refractivity contribution in [3.05, 3.63) is 12.2 Å². The van der Waals surface area contributed by atoms with Crippen LogP contribution in [0.25, 0.3) is 0 Å². The summed E-state index contributed by atoms with van der Waals surface area (Å²) in [5, 5.41) is 0. The predicted molar refractivity (Wildman–Crippen MR) is 35.4 cm³/mol. The van der Waals surface area contributed by atoms with E-state index in [1.165, 1.54) is 0 Å². The molecule has 1 nitrogen and oxygen atoms in total. The van der Waals surface area contributed by atoms with Crippen LogP contribution < -0.4 is 0 Å². The first-order valence-electron chi connectivity index (χ1n) is 3.11. The Hall–Kier alpha value is -0.300.